The van der Waals surface area contributed by atoms with Crippen molar-refractivity contribution in [2.24, 2.45) is 30.4 Å². The fraction of sp³-hybridized carbons (Fsp3) is 0.267. The second kappa shape index (κ2) is 24.6. The molecule has 1 unspecified atom stereocenters. The lowest BCUT2D eigenvalue weighted by molar-refractivity contribution is 0.0696. The number of benzene rings is 5. The summed E-state index contributed by atoms with van der Waals surface area (Å²) in [6, 6.07) is 21.0. The molecule has 25 nitrogen and oxygen atoms in total. The average Bonchev–Trinajstić information content (AvgIpc) is 3.33. The van der Waals surface area contributed by atoms with Crippen LogP contribution in [0.5, 0.6) is 23.0 Å². The van der Waals surface area contributed by atoms with Gasteiger partial charge in [0.1, 0.15) is 33.6 Å². The number of carboxylic acids is 1. The number of rotatable bonds is 23. The van der Waals surface area contributed by atoms with Crippen molar-refractivity contribution in [3.05, 3.63) is 112 Å². The van der Waals surface area contributed by atoms with Crippen molar-refractivity contribution in [3.63, 3.8) is 0 Å². The van der Waals surface area contributed by atoms with Crippen LogP contribution in [0.4, 0.5) is 34.1 Å². The number of hydrogen-bond acceptors (Lipinski definition) is 21. The maximum Gasteiger partial charge on any atom is 0.335 e. The molecular formula is C45H49ClN10O15S3. The third kappa shape index (κ3) is 16.6. The molecule has 1 heterocycles. The Morgan fingerprint density at radius 1 is 0.689 bits per heavy atom. The van der Waals surface area contributed by atoms with Crippen molar-refractivity contribution in [1.29, 1.82) is 0 Å². The molecule has 0 saturated heterocycles. The molecule has 8 N–H and O–H groups in total. The quantitative estimate of drug-likeness (QED) is 0.0174. The van der Waals surface area contributed by atoms with E-state index in [9.17, 15) is 48.8 Å². The van der Waals surface area contributed by atoms with Gasteiger partial charge in [0.05, 0.1) is 78.0 Å². The summed E-state index contributed by atoms with van der Waals surface area (Å²) in [5, 5.41) is 39.0. The number of azo groups is 2. The monoisotopic (exact) mass is 1100 g/mol. The number of aryl methyl sites for hydroxylation is 2. The van der Waals surface area contributed by atoms with Crippen LogP contribution in [0.3, 0.4) is 0 Å². The molecule has 5 aromatic rings. The van der Waals surface area contributed by atoms with Gasteiger partial charge in [-0.25, -0.2) is 9.79 Å². The van der Waals surface area contributed by atoms with E-state index in [2.05, 4.69) is 51.7 Å². The Morgan fingerprint density at radius 2 is 1.26 bits per heavy atom. The largest absolute Gasteiger partial charge is 0.496 e. The van der Waals surface area contributed by atoms with E-state index in [1.807, 2.05) is 6.92 Å². The zero-order chi connectivity index (χ0) is 53.8. The number of carbonyl (C=O) groups is 1. The zero-order valence-corrected chi connectivity index (χ0v) is 42.9. The van der Waals surface area contributed by atoms with E-state index in [1.165, 1.54) is 43.5 Å². The first kappa shape index (κ1) is 56.0. The summed E-state index contributed by atoms with van der Waals surface area (Å²) in [4.78, 5) is 20.3. The van der Waals surface area contributed by atoms with E-state index in [0.29, 0.717) is 33.9 Å². The van der Waals surface area contributed by atoms with Gasteiger partial charge >= 0.3 is 5.97 Å². The molecular weight excluding hydrogens is 1050 g/mol. The number of nitrogens with zero attached hydrogens (tertiary/aromatic N) is 6. The van der Waals surface area contributed by atoms with Crippen molar-refractivity contribution < 1.29 is 67.8 Å². The predicted octanol–water partition coefficient (Wildman–Crippen LogP) is 7.98. The number of aliphatic imine (C=N–C) groups is 2. The summed E-state index contributed by atoms with van der Waals surface area (Å²) in [6.45, 7) is 3.37. The van der Waals surface area contributed by atoms with Gasteiger partial charge in [0, 0.05) is 18.7 Å². The first-order valence-electron chi connectivity index (χ1n) is 21.8. The van der Waals surface area contributed by atoms with Gasteiger partial charge < -0.3 is 40.0 Å². The maximum atomic E-state index is 12.0. The predicted molar refractivity (Wildman–Crippen MR) is 274 cm³/mol. The van der Waals surface area contributed by atoms with Crippen molar-refractivity contribution in [1.82, 2.24) is 10.6 Å². The maximum absolute atomic E-state index is 12.0. The zero-order valence-electron chi connectivity index (χ0n) is 39.7. The van der Waals surface area contributed by atoms with Crippen LogP contribution < -0.4 is 40.2 Å². The van der Waals surface area contributed by atoms with Gasteiger partial charge in [-0.2, -0.15) is 45.6 Å². The molecule has 74 heavy (non-hydrogen) atoms. The van der Waals surface area contributed by atoms with Crippen LogP contribution in [-0.4, -0.2) is 107 Å². The third-order valence-electron chi connectivity index (χ3n) is 10.2. The molecule has 1 aliphatic rings. The molecule has 0 saturated carbocycles. The SMILES string of the molecule is COc1ccc(N=Nc2cc(OCCCS(=O)(=O)O)c(NC3=NC(NCc4ccc(C(=O)O)cc4)NC(Nc4cc(Cl)c(N=Nc5ccc(OC)c(S(=O)(=O)O)c5)cc4OCCCS(=O)(=O)O)=N3)cc2C)cc1C. The number of methoxy groups -OCH3 is 2. The molecule has 0 fully saturated rings. The lowest BCUT2D eigenvalue weighted by Crippen LogP contribution is -2.50. The topological polar surface area (TPSA) is 360 Å². The van der Waals surface area contributed by atoms with Crippen molar-refractivity contribution in [2.45, 2.75) is 44.4 Å². The molecule has 394 valence electrons. The Hall–Kier alpha value is -7.31. The van der Waals surface area contributed by atoms with Gasteiger partial charge in [-0.15, -0.1) is 5.11 Å². The van der Waals surface area contributed by atoms with E-state index in [-0.39, 0.29) is 89.4 Å². The highest BCUT2D eigenvalue weighted by Crippen LogP contribution is 2.39. The summed E-state index contributed by atoms with van der Waals surface area (Å²) in [7, 11) is -10.6. The van der Waals surface area contributed by atoms with Crippen LogP contribution >= 0.6 is 11.6 Å². The number of ether oxygens (including phenoxy) is 4. The highest BCUT2D eigenvalue weighted by Gasteiger charge is 2.23. The number of halogens is 1. The van der Waals surface area contributed by atoms with Crippen molar-refractivity contribution >= 4 is 94.0 Å². The Labute approximate surface area is 430 Å². The Bertz CT molecular complexity index is 3360. The van der Waals surface area contributed by atoms with Gasteiger partial charge in [-0.1, -0.05) is 23.7 Å². The van der Waals surface area contributed by atoms with Gasteiger partial charge in [0.25, 0.3) is 30.4 Å². The van der Waals surface area contributed by atoms with E-state index in [0.717, 1.165) is 11.6 Å². The van der Waals surface area contributed by atoms with Gasteiger partial charge in [0.15, 0.2) is 6.29 Å². The molecule has 0 amide bonds. The lowest BCUT2D eigenvalue weighted by atomic mass is 10.1. The van der Waals surface area contributed by atoms with Crippen LogP contribution in [0.25, 0.3) is 0 Å². The first-order valence-corrected chi connectivity index (χ1v) is 26.8. The lowest BCUT2D eigenvalue weighted by Gasteiger charge is -2.26. The second-order valence-electron chi connectivity index (χ2n) is 15.9. The number of hydrogen-bond donors (Lipinski definition) is 8. The summed E-state index contributed by atoms with van der Waals surface area (Å²) in [5.41, 5.74) is 3.52. The molecule has 0 aliphatic carbocycles. The van der Waals surface area contributed by atoms with Crippen LogP contribution in [0, 0.1) is 13.8 Å². The molecule has 0 aromatic heterocycles. The van der Waals surface area contributed by atoms with E-state index in [4.69, 9.17) is 30.5 Å². The first-order chi connectivity index (χ1) is 35.0. The highest BCUT2D eigenvalue weighted by molar-refractivity contribution is 7.86. The highest BCUT2D eigenvalue weighted by atomic mass is 35.5. The Balaban J connectivity index is 1.37. The van der Waals surface area contributed by atoms with Gasteiger partial charge in [-0.05, 0) is 104 Å². The van der Waals surface area contributed by atoms with E-state index < -0.39 is 59.0 Å². The van der Waals surface area contributed by atoms with E-state index in [1.54, 1.807) is 56.5 Å². The second-order valence-corrected chi connectivity index (χ2v) is 20.8. The summed E-state index contributed by atoms with van der Waals surface area (Å²) >= 11 is 6.73. The van der Waals surface area contributed by atoms with Crippen LogP contribution in [0.1, 0.15) is 39.9 Å². The average molecular weight is 1100 g/mol. The molecule has 0 spiro atoms. The third-order valence-corrected chi connectivity index (χ3v) is 13.0. The molecule has 1 atom stereocenters. The molecule has 5 aromatic carbocycles. The Kier molecular flexibility index (Phi) is 18.6. The van der Waals surface area contributed by atoms with Crippen molar-refractivity contribution in [3.8, 4) is 23.0 Å². The summed E-state index contributed by atoms with van der Waals surface area (Å²) < 4.78 is 121. The normalized spacial score (nSPS) is 14.0. The number of aromatic carboxylic acids is 1. The molecule has 0 radical (unpaired) electrons. The molecule has 0 bridgehead atoms. The minimum atomic E-state index is -4.72. The van der Waals surface area contributed by atoms with Crippen LogP contribution in [0.15, 0.2) is 120 Å². The smallest absolute Gasteiger partial charge is 0.335 e. The number of guanidine groups is 2. The molecule has 29 heteroatoms. The van der Waals surface area contributed by atoms with Crippen LogP contribution in [0.2, 0.25) is 5.02 Å². The fourth-order valence-electron chi connectivity index (χ4n) is 6.66. The van der Waals surface area contributed by atoms with Gasteiger partial charge in [-0.3, -0.25) is 19.0 Å². The standard InChI is InChI=1S/C45H49ClN10O15S3/c1-26-20-35(39(70-15-5-17-72(59,60)61)23-33(26)55-53-30-11-13-37(68-3)27(2)19-30)48-44-50-43(47-25-28-7-9-29(10-8-28)42(57)58)51-45(52-44)49-36-22-32(46)34(24-40(36)71-16-6-18-73(62,63)64)56-54-31-12-14-38(69-4)41(21-31)74(65,66)67/h7-14,19-24,43,47H,5-6,15-18,25H2,1-4H3,(H,57,58)(H,59,60,61)(H,62,63,64)(H,65,66,67)(H3,48,49,50,51,52). The summed E-state index contributed by atoms with van der Waals surface area (Å²) in [5.74, 6) is -1.63. The Morgan fingerprint density at radius 3 is 1.82 bits per heavy atom. The molecule has 6 rings (SSSR count). The summed E-state index contributed by atoms with van der Waals surface area (Å²) in [6.07, 6.45) is -1.20. The minimum Gasteiger partial charge on any atom is -0.496 e. The number of nitrogens with one attached hydrogen (secondary N) is 4. The number of anilines is 2. The fourth-order valence-corrected chi connectivity index (χ4v) is 8.50. The van der Waals surface area contributed by atoms with Crippen molar-refractivity contribution in [2.75, 3.05) is 49.6 Å². The minimum absolute atomic E-state index is 0.0104. The molecule has 1 aliphatic heterocycles. The van der Waals surface area contributed by atoms with E-state index >= 15 is 0 Å². The van der Waals surface area contributed by atoms with Crippen LogP contribution in [-0.2, 0) is 36.9 Å². The van der Waals surface area contributed by atoms with Gasteiger partial charge in [0.2, 0.25) is 11.9 Å². The number of carboxylic acid groups (broad SMARTS) is 1.